The number of hydrogen-bond donors (Lipinski definition) is 0. The summed E-state index contributed by atoms with van der Waals surface area (Å²) in [5.41, 5.74) is 2.40. The molecule has 1 aromatic carbocycles. The molecule has 0 spiro atoms. The number of benzene rings is 1. The molecule has 2 fully saturated rings. The third-order valence-electron chi connectivity index (χ3n) is 6.45. The lowest BCUT2D eigenvalue weighted by Gasteiger charge is -2.46. The summed E-state index contributed by atoms with van der Waals surface area (Å²) in [6.45, 7) is 4.69. The second-order valence-electron chi connectivity index (χ2n) is 8.28. The van der Waals surface area contributed by atoms with Gasteiger partial charge < -0.3 is 9.42 Å². The molecule has 0 saturated carbocycles. The van der Waals surface area contributed by atoms with Gasteiger partial charge in [-0.2, -0.15) is 0 Å². The lowest BCUT2D eigenvalue weighted by Crippen LogP contribution is -2.57. The van der Waals surface area contributed by atoms with E-state index in [4.69, 9.17) is 27.7 Å². The summed E-state index contributed by atoms with van der Waals surface area (Å²) in [4.78, 5) is 21.7. The third kappa shape index (κ3) is 3.69. The number of amides is 1. The number of pyridine rings is 1. The highest BCUT2D eigenvalue weighted by molar-refractivity contribution is 6.38. The van der Waals surface area contributed by atoms with Gasteiger partial charge in [0.25, 0.3) is 11.6 Å². The molecule has 9 heteroatoms. The fraction of sp³-hybridized carbons (Fsp3) is 0.409. The first-order valence-corrected chi connectivity index (χ1v) is 11.1. The number of hydrogen-bond acceptors (Lipinski definition) is 5. The number of piperazine rings is 1. The monoisotopic (exact) mass is 462 g/mol. The average molecular weight is 463 g/mol. The predicted molar refractivity (Wildman–Crippen MR) is 116 cm³/mol. The van der Waals surface area contributed by atoms with Gasteiger partial charge in [0.2, 0.25) is 0 Å². The van der Waals surface area contributed by atoms with Crippen molar-refractivity contribution in [1.29, 1.82) is 0 Å². The van der Waals surface area contributed by atoms with E-state index < -0.39 is 0 Å². The Morgan fingerprint density at radius 1 is 1.23 bits per heavy atom. The van der Waals surface area contributed by atoms with Crippen molar-refractivity contribution in [2.75, 3.05) is 26.2 Å². The molecule has 1 amide bonds. The highest BCUT2D eigenvalue weighted by Crippen LogP contribution is 2.34. The van der Waals surface area contributed by atoms with E-state index in [9.17, 15) is 9.18 Å². The highest BCUT2D eigenvalue weighted by atomic mass is 35.5. The molecule has 5 rings (SSSR count). The number of piperidine rings is 1. The summed E-state index contributed by atoms with van der Waals surface area (Å²) in [5.74, 6) is -0.194. The molecule has 3 aromatic rings. The molecule has 0 radical (unpaired) electrons. The van der Waals surface area contributed by atoms with Crippen LogP contribution in [0.5, 0.6) is 0 Å². The van der Waals surface area contributed by atoms with Crippen LogP contribution < -0.4 is 0 Å². The van der Waals surface area contributed by atoms with Gasteiger partial charge in [0.15, 0.2) is 0 Å². The van der Waals surface area contributed by atoms with Gasteiger partial charge in [-0.05, 0) is 43.4 Å². The molecule has 162 valence electrons. The van der Waals surface area contributed by atoms with Gasteiger partial charge in [-0.1, -0.05) is 34.4 Å². The van der Waals surface area contributed by atoms with E-state index in [2.05, 4.69) is 15.0 Å². The lowest BCUT2D eigenvalue weighted by atomic mass is 9.86. The maximum atomic E-state index is 13.5. The lowest BCUT2D eigenvalue weighted by molar-refractivity contribution is 0.0329. The van der Waals surface area contributed by atoms with Crippen LogP contribution in [0, 0.1) is 12.7 Å². The van der Waals surface area contributed by atoms with Crippen molar-refractivity contribution in [2.45, 2.75) is 31.7 Å². The number of aryl methyl sites for hydroxylation is 1. The molecule has 0 bridgehead atoms. The fourth-order valence-corrected chi connectivity index (χ4v) is 5.27. The van der Waals surface area contributed by atoms with Crippen molar-refractivity contribution >= 4 is 40.2 Å². The maximum Gasteiger partial charge on any atom is 0.259 e. The minimum Gasteiger partial charge on any atom is -0.336 e. The Labute approximate surface area is 188 Å². The van der Waals surface area contributed by atoms with Gasteiger partial charge in [-0.25, -0.2) is 9.37 Å². The Bertz CT molecular complexity index is 1170. The first-order valence-electron chi connectivity index (χ1n) is 10.3. The van der Waals surface area contributed by atoms with Crippen molar-refractivity contribution in [3.63, 3.8) is 0 Å². The van der Waals surface area contributed by atoms with E-state index >= 15 is 0 Å². The van der Waals surface area contributed by atoms with E-state index in [0.717, 1.165) is 31.5 Å². The summed E-state index contributed by atoms with van der Waals surface area (Å²) in [5, 5.41) is 4.98. The predicted octanol–water partition coefficient (Wildman–Crippen LogP) is 4.68. The smallest absolute Gasteiger partial charge is 0.259 e. The van der Waals surface area contributed by atoms with E-state index in [-0.39, 0.29) is 22.8 Å². The highest BCUT2D eigenvalue weighted by Gasteiger charge is 2.36. The van der Waals surface area contributed by atoms with E-state index in [1.165, 1.54) is 12.3 Å². The Morgan fingerprint density at radius 3 is 2.87 bits per heavy atom. The topological polar surface area (TPSA) is 62.5 Å². The molecule has 2 saturated heterocycles. The van der Waals surface area contributed by atoms with E-state index in [1.807, 2.05) is 11.0 Å². The van der Waals surface area contributed by atoms with Crippen molar-refractivity contribution < 1.29 is 13.7 Å². The van der Waals surface area contributed by atoms with Crippen LogP contribution in [0.15, 0.2) is 28.9 Å². The molecule has 4 heterocycles. The molecule has 2 aromatic heterocycles. The Morgan fingerprint density at radius 2 is 2.06 bits per heavy atom. The van der Waals surface area contributed by atoms with Gasteiger partial charge in [0.1, 0.15) is 5.82 Å². The molecule has 2 aliphatic rings. The van der Waals surface area contributed by atoms with Gasteiger partial charge in [0.05, 0.1) is 26.7 Å². The quantitative estimate of drug-likeness (QED) is 0.552. The van der Waals surface area contributed by atoms with Crippen molar-refractivity contribution in [2.24, 2.45) is 0 Å². The second kappa shape index (κ2) is 8.04. The molecule has 0 aliphatic carbocycles. The zero-order chi connectivity index (χ0) is 21.7. The normalized spacial score (nSPS) is 22.0. The summed E-state index contributed by atoms with van der Waals surface area (Å²) >= 11 is 12.5. The summed E-state index contributed by atoms with van der Waals surface area (Å²) in [6.07, 6.45) is 3.40. The van der Waals surface area contributed by atoms with Crippen LogP contribution in [0.3, 0.4) is 0 Å². The molecular formula is C22H21Cl2FN4O2. The molecule has 31 heavy (non-hydrogen) atoms. The number of nitrogens with zero attached hydrogens (tertiary/aromatic N) is 4. The minimum atomic E-state index is -0.390. The van der Waals surface area contributed by atoms with Crippen LogP contribution in [0.2, 0.25) is 10.0 Å². The Kier molecular flexibility index (Phi) is 5.36. The zero-order valence-corrected chi connectivity index (χ0v) is 18.5. The van der Waals surface area contributed by atoms with Crippen LogP contribution in [0.1, 0.15) is 40.4 Å². The molecule has 2 atom stereocenters. The first kappa shape index (κ1) is 20.7. The largest absolute Gasteiger partial charge is 0.336 e. The fourth-order valence-electron chi connectivity index (χ4n) is 4.73. The van der Waals surface area contributed by atoms with Crippen LogP contribution in [0.25, 0.3) is 11.1 Å². The molecule has 2 unspecified atom stereocenters. The number of carbonyl (C=O) groups is 1. The SMILES string of the molecule is Cc1noc2ncc(C(=O)N3CCN4CC(c5ccc(F)c(Cl)c5)CCC4C3)c(Cl)c12. The molecule has 6 nitrogen and oxygen atoms in total. The maximum absolute atomic E-state index is 13.5. The summed E-state index contributed by atoms with van der Waals surface area (Å²) in [6, 6.07) is 5.29. The van der Waals surface area contributed by atoms with Crippen LogP contribution in [0.4, 0.5) is 4.39 Å². The van der Waals surface area contributed by atoms with Crippen LogP contribution in [-0.2, 0) is 0 Å². The van der Waals surface area contributed by atoms with Gasteiger partial charge in [0, 0.05) is 38.4 Å². The first-order chi connectivity index (χ1) is 14.9. The van der Waals surface area contributed by atoms with Gasteiger partial charge in [-0.3, -0.25) is 9.69 Å². The molecular weight excluding hydrogens is 442 g/mol. The van der Waals surface area contributed by atoms with Crippen molar-refractivity contribution in [3.05, 3.63) is 57.1 Å². The van der Waals surface area contributed by atoms with Crippen molar-refractivity contribution in [1.82, 2.24) is 19.9 Å². The number of carbonyl (C=O) groups excluding carboxylic acids is 1. The van der Waals surface area contributed by atoms with Crippen LogP contribution in [-0.4, -0.2) is 58.1 Å². The molecule has 2 aliphatic heterocycles. The van der Waals surface area contributed by atoms with E-state index in [1.54, 1.807) is 13.0 Å². The van der Waals surface area contributed by atoms with E-state index in [0.29, 0.717) is 46.4 Å². The number of fused-ring (bicyclic) bond motifs is 2. The number of halogens is 3. The Hall–Kier alpha value is -2.22. The second-order valence-corrected chi connectivity index (χ2v) is 9.07. The van der Waals surface area contributed by atoms with Crippen molar-refractivity contribution in [3.8, 4) is 0 Å². The molecule has 0 N–H and O–H groups in total. The summed E-state index contributed by atoms with van der Waals surface area (Å²) < 4.78 is 18.6. The standard InChI is InChI=1S/C22H21Cl2FN4O2/c1-12-19-20(24)16(9-26-21(19)31-27-12)22(30)29-7-6-28-10-14(2-4-15(28)11-29)13-3-5-18(25)17(23)8-13/h3,5,8-9,14-15H,2,4,6-7,10-11H2,1H3. The number of rotatable bonds is 2. The number of aromatic nitrogens is 2. The third-order valence-corrected chi connectivity index (χ3v) is 7.13. The van der Waals surface area contributed by atoms with Gasteiger partial charge in [-0.15, -0.1) is 0 Å². The van der Waals surface area contributed by atoms with Crippen LogP contribution >= 0.6 is 23.2 Å². The van der Waals surface area contributed by atoms with Gasteiger partial charge >= 0.3 is 0 Å². The average Bonchev–Trinajstić information content (AvgIpc) is 3.16. The zero-order valence-electron chi connectivity index (χ0n) is 16.9. The minimum absolute atomic E-state index is 0.118. The summed E-state index contributed by atoms with van der Waals surface area (Å²) in [7, 11) is 0. The Balaban J connectivity index is 1.30.